The maximum absolute atomic E-state index is 11.5. The third-order valence-electron chi connectivity index (χ3n) is 2.57. The lowest BCUT2D eigenvalue weighted by molar-refractivity contribution is -0.152. The molecule has 0 aromatic rings. The molecular formula is C10H13ClO3. The molecule has 4 heteroatoms. The standard InChI is InChI=1S/C10H13ClO3/c1-4-14-10(13)9(12)7-5(2)6(3)8(7)11/h5-6H,4H2,1-3H3. The second-order valence-electron chi connectivity index (χ2n) is 3.39. The Kier molecular flexibility index (Phi) is 3.32. The maximum Gasteiger partial charge on any atom is 0.379 e. The number of rotatable bonds is 3. The maximum atomic E-state index is 11.5. The second kappa shape index (κ2) is 4.13. The number of Topliss-reactive ketones (excluding diaryl/α,β-unsaturated/α-hetero) is 1. The van der Waals surface area contributed by atoms with Crippen molar-refractivity contribution < 1.29 is 14.3 Å². The highest BCUT2D eigenvalue weighted by atomic mass is 35.5. The highest BCUT2D eigenvalue weighted by molar-refractivity contribution is 6.45. The summed E-state index contributed by atoms with van der Waals surface area (Å²) < 4.78 is 4.61. The number of halogens is 1. The van der Waals surface area contributed by atoms with Gasteiger partial charge in [0.25, 0.3) is 5.78 Å². The summed E-state index contributed by atoms with van der Waals surface area (Å²) >= 11 is 5.85. The molecule has 0 saturated carbocycles. The summed E-state index contributed by atoms with van der Waals surface area (Å²) in [7, 11) is 0. The van der Waals surface area contributed by atoms with Gasteiger partial charge in [0.15, 0.2) is 0 Å². The van der Waals surface area contributed by atoms with Crippen LogP contribution in [0.4, 0.5) is 0 Å². The van der Waals surface area contributed by atoms with Crippen LogP contribution in [0.2, 0.25) is 0 Å². The molecule has 0 aliphatic heterocycles. The van der Waals surface area contributed by atoms with Gasteiger partial charge in [0.2, 0.25) is 0 Å². The Labute approximate surface area is 88.1 Å². The third-order valence-corrected chi connectivity index (χ3v) is 3.12. The van der Waals surface area contributed by atoms with E-state index in [-0.39, 0.29) is 18.4 Å². The van der Waals surface area contributed by atoms with Crippen molar-refractivity contribution in [1.82, 2.24) is 0 Å². The molecule has 0 saturated heterocycles. The van der Waals surface area contributed by atoms with Gasteiger partial charge >= 0.3 is 5.97 Å². The van der Waals surface area contributed by atoms with E-state index in [1.807, 2.05) is 13.8 Å². The number of esters is 1. The first-order chi connectivity index (χ1) is 6.50. The fourth-order valence-electron chi connectivity index (χ4n) is 1.46. The average molecular weight is 217 g/mol. The zero-order chi connectivity index (χ0) is 10.9. The molecule has 0 aromatic carbocycles. The summed E-state index contributed by atoms with van der Waals surface area (Å²) in [4.78, 5) is 22.6. The highest BCUT2D eigenvalue weighted by Gasteiger charge is 2.39. The molecule has 78 valence electrons. The van der Waals surface area contributed by atoms with E-state index in [1.165, 1.54) is 0 Å². The molecule has 0 amide bonds. The average Bonchev–Trinajstić information content (AvgIpc) is 2.17. The third kappa shape index (κ3) is 1.69. The zero-order valence-corrected chi connectivity index (χ0v) is 9.22. The molecular weight excluding hydrogens is 204 g/mol. The molecule has 0 bridgehead atoms. The quantitative estimate of drug-likeness (QED) is 0.535. The molecule has 2 atom stereocenters. The SMILES string of the molecule is CCOC(=O)C(=O)C1=C(Cl)C(C)C1C. The van der Waals surface area contributed by atoms with Crippen molar-refractivity contribution in [3.8, 4) is 0 Å². The molecule has 1 rings (SSSR count). The molecule has 0 fully saturated rings. The number of ether oxygens (including phenoxy) is 1. The van der Waals surface area contributed by atoms with Crippen molar-refractivity contribution in [3.63, 3.8) is 0 Å². The van der Waals surface area contributed by atoms with Gasteiger partial charge in [-0.25, -0.2) is 4.79 Å². The molecule has 1 aliphatic rings. The smallest absolute Gasteiger partial charge is 0.379 e. The van der Waals surface area contributed by atoms with Crippen LogP contribution in [-0.2, 0) is 14.3 Å². The van der Waals surface area contributed by atoms with Crippen LogP contribution < -0.4 is 0 Å². The van der Waals surface area contributed by atoms with Crippen LogP contribution in [0.1, 0.15) is 20.8 Å². The summed E-state index contributed by atoms with van der Waals surface area (Å²) in [5.41, 5.74) is 0.414. The predicted octanol–water partition coefficient (Wildman–Crippen LogP) is 1.90. The van der Waals surface area contributed by atoms with E-state index < -0.39 is 11.8 Å². The number of carbonyl (C=O) groups excluding carboxylic acids is 2. The number of hydrogen-bond acceptors (Lipinski definition) is 3. The summed E-state index contributed by atoms with van der Waals surface area (Å²) in [5.74, 6) is -1.17. The van der Waals surface area contributed by atoms with Crippen LogP contribution in [0.5, 0.6) is 0 Å². The Bertz CT molecular complexity index is 306. The van der Waals surface area contributed by atoms with Crippen LogP contribution >= 0.6 is 11.6 Å². The van der Waals surface area contributed by atoms with Crippen molar-refractivity contribution in [1.29, 1.82) is 0 Å². The van der Waals surface area contributed by atoms with Crippen molar-refractivity contribution >= 4 is 23.4 Å². The molecule has 0 radical (unpaired) electrons. The summed E-state index contributed by atoms with van der Waals surface area (Å²) in [6.45, 7) is 5.67. The Morgan fingerprint density at radius 2 is 1.93 bits per heavy atom. The molecule has 2 unspecified atom stereocenters. The van der Waals surface area contributed by atoms with E-state index in [4.69, 9.17) is 11.6 Å². The highest BCUT2D eigenvalue weighted by Crippen LogP contribution is 2.43. The van der Waals surface area contributed by atoms with E-state index >= 15 is 0 Å². The summed E-state index contributed by atoms with van der Waals surface area (Å²) in [6.07, 6.45) is 0. The lowest BCUT2D eigenvalue weighted by Crippen LogP contribution is -2.33. The van der Waals surface area contributed by atoms with E-state index in [0.29, 0.717) is 10.6 Å². The van der Waals surface area contributed by atoms with E-state index in [0.717, 1.165) is 0 Å². The van der Waals surface area contributed by atoms with E-state index in [9.17, 15) is 9.59 Å². The molecule has 14 heavy (non-hydrogen) atoms. The number of allylic oxidation sites excluding steroid dienone is 1. The zero-order valence-electron chi connectivity index (χ0n) is 8.46. The van der Waals surface area contributed by atoms with Gasteiger partial charge in [-0.2, -0.15) is 0 Å². The monoisotopic (exact) mass is 216 g/mol. The lowest BCUT2D eigenvalue weighted by Gasteiger charge is -2.32. The Morgan fingerprint density at radius 3 is 2.36 bits per heavy atom. The van der Waals surface area contributed by atoms with Crippen molar-refractivity contribution in [2.45, 2.75) is 20.8 Å². The Balaban J connectivity index is 2.77. The number of ketones is 1. The molecule has 3 nitrogen and oxygen atoms in total. The van der Waals surface area contributed by atoms with E-state index in [2.05, 4.69) is 4.74 Å². The first-order valence-electron chi connectivity index (χ1n) is 4.61. The minimum Gasteiger partial charge on any atom is -0.460 e. The van der Waals surface area contributed by atoms with Crippen LogP contribution in [0.25, 0.3) is 0 Å². The minimum atomic E-state index is -0.806. The van der Waals surface area contributed by atoms with Gasteiger partial charge in [-0.05, 0) is 18.8 Å². The van der Waals surface area contributed by atoms with Crippen molar-refractivity contribution in [2.24, 2.45) is 11.8 Å². The van der Waals surface area contributed by atoms with Crippen LogP contribution in [0, 0.1) is 11.8 Å². The van der Waals surface area contributed by atoms with Gasteiger partial charge < -0.3 is 4.74 Å². The molecule has 0 aromatic heterocycles. The summed E-state index contributed by atoms with van der Waals surface area (Å²) in [5, 5.41) is 0.496. The summed E-state index contributed by atoms with van der Waals surface area (Å²) in [6, 6.07) is 0. The number of carbonyl (C=O) groups is 2. The van der Waals surface area contributed by atoms with Crippen molar-refractivity contribution in [3.05, 3.63) is 10.6 Å². The fourth-order valence-corrected chi connectivity index (χ4v) is 1.90. The van der Waals surface area contributed by atoms with Gasteiger partial charge in [0, 0.05) is 10.6 Å². The molecule has 0 spiro atoms. The first kappa shape index (κ1) is 11.2. The first-order valence-corrected chi connectivity index (χ1v) is 4.99. The van der Waals surface area contributed by atoms with Gasteiger partial charge in [0.05, 0.1) is 6.61 Å². The van der Waals surface area contributed by atoms with Crippen LogP contribution in [-0.4, -0.2) is 18.4 Å². The minimum absolute atomic E-state index is 0.0550. The number of hydrogen-bond donors (Lipinski definition) is 0. The Hall–Kier alpha value is -0.830. The second-order valence-corrected chi connectivity index (χ2v) is 3.80. The van der Waals surface area contributed by atoms with Gasteiger partial charge in [-0.1, -0.05) is 25.4 Å². The van der Waals surface area contributed by atoms with Crippen LogP contribution in [0.3, 0.4) is 0 Å². The normalized spacial score (nSPS) is 25.7. The van der Waals surface area contributed by atoms with Gasteiger partial charge in [0.1, 0.15) is 0 Å². The Morgan fingerprint density at radius 1 is 1.36 bits per heavy atom. The predicted molar refractivity (Wildman–Crippen MR) is 52.8 cm³/mol. The largest absolute Gasteiger partial charge is 0.460 e. The molecule has 0 N–H and O–H groups in total. The topological polar surface area (TPSA) is 43.4 Å². The lowest BCUT2D eigenvalue weighted by atomic mass is 9.75. The van der Waals surface area contributed by atoms with Gasteiger partial charge in [-0.3, -0.25) is 4.79 Å². The molecule has 1 aliphatic carbocycles. The van der Waals surface area contributed by atoms with Crippen LogP contribution in [0.15, 0.2) is 10.6 Å². The van der Waals surface area contributed by atoms with Crippen molar-refractivity contribution in [2.75, 3.05) is 6.61 Å². The van der Waals surface area contributed by atoms with E-state index in [1.54, 1.807) is 6.92 Å². The van der Waals surface area contributed by atoms with Gasteiger partial charge in [-0.15, -0.1) is 0 Å². The fraction of sp³-hybridized carbons (Fsp3) is 0.600. The molecule has 0 heterocycles.